The summed E-state index contributed by atoms with van der Waals surface area (Å²) in [5.41, 5.74) is 1.74. The lowest BCUT2D eigenvalue weighted by atomic mass is 10.0. The highest BCUT2D eigenvalue weighted by atomic mass is 16.6. The molecular weight excluding hydrogens is 316 g/mol. The van der Waals surface area contributed by atoms with Crippen molar-refractivity contribution in [2.24, 2.45) is 0 Å². The monoisotopic (exact) mass is 334 g/mol. The Hall–Kier alpha value is -3.21. The number of benzene rings is 3. The van der Waals surface area contributed by atoms with Gasteiger partial charge in [0.1, 0.15) is 0 Å². The topological polar surface area (TPSA) is 72.2 Å². The molecule has 0 aliphatic rings. The van der Waals surface area contributed by atoms with Gasteiger partial charge in [-0.3, -0.25) is 14.9 Å². The van der Waals surface area contributed by atoms with Gasteiger partial charge in [0, 0.05) is 17.2 Å². The van der Waals surface area contributed by atoms with E-state index in [0.29, 0.717) is 5.56 Å². The van der Waals surface area contributed by atoms with Crippen LogP contribution in [-0.4, -0.2) is 10.8 Å². The normalized spacial score (nSPS) is 11.9. The van der Waals surface area contributed by atoms with Crippen LogP contribution in [0, 0.1) is 17.0 Å². The zero-order valence-electron chi connectivity index (χ0n) is 14.0. The van der Waals surface area contributed by atoms with Gasteiger partial charge in [0.25, 0.3) is 11.6 Å². The molecule has 0 aliphatic heterocycles. The Kier molecular flexibility index (Phi) is 4.48. The minimum Gasteiger partial charge on any atom is -0.346 e. The van der Waals surface area contributed by atoms with Crippen molar-refractivity contribution >= 4 is 22.4 Å². The Labute approximate surface area is 145 Å². The molecule has 1 atom stereocenters. The van der Waals surface area contributed by atoms with Crippen molar-refractivity contribution in [2.75, 3.05) is 0 Å². The first-order chi connectivity index (χ1) is 12.0. The molecule has 5 heteroatoms. The van der Waals surface area contributed by atoms with E-state index in [4.69, 9.17) is 0 Å². The van der Waals surface area contributed by atoms with E-state index in [1.807, 2.05) is 49.4 Å². The van der Waals surface area contributed by atoms with Gasteiger partial charge in [0.15, 0.2) is 0 Å². The van der Waals surface area contributed by atoms with Crippen molar-refractivity contribution < 1.29 is 9.72 Å². The van der Waals surface area contributed by atoms with Crippen LogP contribution in [0.4, 0.5) is 5.69 Å². The molecule has 0 aromatic heterocycles. The van der Waals surface area contributed by atoms with Gasteiger partial charge in [-0.1, -0.05) is 42.5 Å². The molecular formula is C20H18N2O3. The highest BCUT2D eigenvalue weighted by Crippen LogP contribution is 2.22. The zero-order chi connectivity index (χ0) is 18.0. The first-order valence-corrected chi connectivity index (χ1v) is 8.00. The largest absolute Gasteiger partial charge is 0.346 e. The second kappa shape index (κ2) is 6.73. The van der Waals surface area contributed by atoms with Crippen molar-refractivity contribution in [1.82, 2.24) is 5.32 Å². The van der Waals surface area contributed by atoms with Crippen LogP contribution in [0.15, 0.2) is 60.7 Å². The number of fused-ring (bicyclic) bond motifs is 1. The first kappa shape index (κ1) is 16.6. The first-order valence-electron chi connectivity index (χ1n) is 8.00. The predicted octanol–water partition coefficient (Wildman–Crippen LogP) is 4.55. The second-order valence-corrected chi connectivity index (χ2v) is 6.06. The van der Waals surface area contributed by atoms with Gasteiger partial charge < -0.3 is 5.32 Å². The molecule has 0 spiro atoms. The average molecular weight is 334 g/mol. The van der Waals surface area contributed by atoms with Crippen LogP contribution >= 0.6 is 0 Å². The number of carbonyl (C=O) groups is 1. The van der Waals surface area contributed by atoms with Crippen molar-refractivity contribution in [3.8, 4) is 0 Å². The van der Waals surface area contributed by atoms with E-state index < -0.39 is 4.92 Å². The Balaban J connectivity index is 1.82. The number of rotatable bonds is 4. The maximum atomic E-state index is 12.4. The van der Waals surface area contributed by atoms with Gasteiger partial charge in [-0.15, -0.1) is 0 Å². The highest BCUT2D eigenvalue weighted by molar-refractivity contribution is 5.95. The van der Waals surface area contributed by atoms with E-state index in [2.05, 4.69) is 5.32 Å². The van der Waals surface area contributed by atoms with Gasteiger partial charge in [-0.05, 0) is 42.3 Å². The number of nitro groups is 1. The van der Waals surface area contributed by atoms with Gasteiger partial charge in [-0.25, -0.2) is 0 Å². The van der Waals surface area contributed by atoms with Crippen LogP contribution in [0.1, 0.15) is 34.5 Å². The molecule has 25 heavy (non-hydrogen) atoms. The Bertz CT molecular complexity index is 966. The maximum absolute atomic E-state index is 12.4. The summed E-state index contributed by atoms with van der Waals surface area (Å²) < 4.78 is 0. The number of amides is 1. The van der Waals surface area contributed by atoms with Crippen molar-refractivity contribution in [3.05, 3.63) is 87.5 Å². The summed E-state index contributed by atoms with van der Waals surface area (Å²) in [4.78, 5) is 23.0. The summed E-state index contributed by atoms with van der Waals surface area (Å²) in [5, 5.41) is 16.2. The molecule has 3 rings (SSSR count). The fourth-order valence-corrected chi connectivity index (χ4v) is 2.79. The Morgan fingerprint density at radius 2 is 1.76 bits per heavy atom. The lowest BCUT2D eigenvalue weighted by Gasteiger charge is -2.15. The van der Waals surface area contributed by atoms with E-state index in [9.17, 15) is 14.9 Å². The Morgan fingerprint density at radius 3 is 2.48 bits per heavy atom. The summed E-state index contributed by atoms with van der Waals surface area (Å²) in [6.07, 6.45) is 0. The predicted molar refractivity (Wildman–Crippen MR) is 97.7 cm³/mol. The third kappa shape index (κ3) is 3.50. The van der Waals surface area contributed by atoms with Crippen molar-refractivity contribution in [3.63, 3.8) is 0 Å². The standard InChI is InChI=1S/C20H18N2O3/c1-13-7-8-18(12-19(13)22(24)25)20(23)21-14(2)16-10-9-15-5-3-4-6-17(15)11-16/h3-12,14H,1-2H3,(H,21,23). The zero-order valence-corrected chi connectivity index (χ0v) is 14.0. The molecule has 0 saturated heterocycles. The summed E-state index contributed by atoms with van der Waals surface area (Å²) in [7, 11) is 0. The van der Waals surface area contributed by atoms with Crippen LogP contribution in [0.3, 0.4) is 0 Å². The lowest BCUT2D eigenvalue weighted by molar-refractivity contribution is -0.385. The number of nitro benzene ring substituents is 1. The fourth-order valence-electron chi connectivity index (χ4n) is 2.79. The fraction of sp³-hybridized carbons (Fsp3) is 0.150. The molecule has 0 aliphatic carbocycles. The average Bonchev–Trinajstić information content (AvgIpc) is 2.61. The van der Waals surface area contributed by atoms with E-state index in [-0.39, 0.29) is 23.2 Å². The number of aryl methyl sites for hydroxylation is 1. The van der Waals surface area contributed by atoms with Gasteiger partial charge in [-0.2, -0.15) is 0 Å². The lowest BCUT2D eigenvalue weighted by Crippen LogP contribution is -2.26. The number of carbonyl (C=O) groups excluding carboxylic acids is 1. The van der Waals surface area contributed by atoms with Crippen LogP contribution in [0.5, 0.6) is 0 Å². The third-order valence-electron chi connectivity index (χ3n) is 4.29. The molecule has 0 radical (unpaired) electrons. The van der Waals surface area contributed by atoms with Crippen LogP contribution in [-0.2, 0) is 0 Å². The van der Waals surface area contributed by atoms with Crippen LogP contribution in [0.25, 0.3) is 10.8 Å². The molecule has 0 saturated carbocycles. The van der Waals surface area contributed by atoms with Crippen LogP contribution in [0.2, 0.25) is 0 Å². The van der Waals surface area contributed by atoms with Gasteiger partial charge in [0.05, 0.1) is 11.0 Å². The number of hydrogen-bond acceptors (Lipinski definition) is 3. The molecule has 3 aromatic rings. The molecule has 1 N–H and O–H groups in total. The highest BCUT2D eigenvalue weighted by Gasteiger charge is 2.17. The van der Waals surface area contributed by atoms with E-state index in [1.54, 1.807) is 19.1 Å². The van der Waals surface area contributed by atoms with Crippen molar-refractivity contribution in [2.45, 2.75) is 19.9 Å². The third-order valence-corrected chi connectivity index (χ3v) is 4.29. The molecule has 126 valence electrons. The maximum Gasteiger partial charge on any atom is 0.273 e. The van der Waals surface area contributed by atoms with Crippen LogP contribution < -0.4 is 5.32 Å². The summed E-state index contributed by atoms with van der Waals surface area (Å²) in [5.74, 6) is -0.330. The Morgan fingerprint density at radius 1 is 1.04 bits per heavy atom. The van der Waals surface area contributed by atoms with E-state index in [0.717, 1.165) is 16.3 Å². The molecule has 3 aromatic carbocycles. The number of nitrogens with one attached hydrogen (secondary N) is 1. The molecule has 0 bridgehead atoms. The second-order valence-electron chi connectivity index (χ2n) is 6.06. The van der Waals surface area contributed by atoms with Gasteiger partial charge >= 0.3 is 0 Å². The SMILES string of the molecule is Cc1ccc(C(=O)NC(C)c2ccc3ccccc3c2)cc1[N+](=O)[O-]. The molecule has 0 fully saturated rings. The summed E-state index contributed by atoms with van der Waals surface area (Å²) in [6, 6.07) is 18.4. The minimum atomic E-state index is -0.473. The molecule has 5 nitrogen and oxygen atoms in total. The molecule has 1 amide bonds. The summed E-state index contributed by atoms with van der Waals surface area (Å²) in [6.45, 7) is 3.54. The number of nitrogens with zero attached hydrogens (tertiary/aromatic N) is 1. The number of hydrogen-bond donors (Lipinski definition) is 1. The molecule has 1 unspecified atom stereocenters. The minimum absolute atomic E-state index is 0.0500. The van der Waals surface area contributed by atoms with Crippen molar-refractivity contribution in [1.29, 1.82) is 0 Å². The van der Waals surface area contributed by atoms with E-state index in [1.165, 1.54) is 6.07 Å². The quantitative estimate of drug-likeness (QED) is 0.562. The van der Waals surface area contributed by atoms with E-state index >= 15 is 0 Å². The van der Waals surface area contributed by atoms with Gasteiger partial charge in [0.2, 0.25) is 0 Å². The molecule has 0 heterocycles. The summed E-state index contributed by atoms with van der Waals surface area (Å²) >= 11 is 0. The smallest absolute Gasteiger partial charge is 0.273 e.